The molecule has 0 unspecified atom stereocenters. The summed E-state index contributed by atoms with van der Waals surface area (Å²) in [5.74, 6) is -0.285. The highest BCUT2D eigenvalue weighted by Gasteiger charge is 2.18. The second-order valence-electron chi connectivity index (χ2n) is 5.20. The number of halogens is 1. The number of hydrogen-bond donors (Lipinski definition) is 2. The molecule has 2 aromatic rings. The molecule has 1 aromatic heterocycles. The molecular formula is C16H17ClN2O4S. The highest BCUT2D eigenvalue weighted by Crippen LogP contribution is 2.35. The quantitative estimate of drug-likeness (QED) is 0.755. The molecule has 2 heterocycles. The fraction of sp³-hybridized carbons (Fsp3) is 0.312. The zero-order valence-electron chi connectivity index (χ0n) is 12.8. The zero-order valence-corrected chi connectivity index (χ0v) is 14.4. The van der Waals surface area contributed by atoms with Crippen LogP contribution in [0.25, 0.3) is 0 Å². The van der Waals surface area contributed by atoms with Gasteiger partial charge in [0, 0.05) is 18.0 Å². The summed E-state index contributed by atoms with van der Waals surface area (Å²) in [7, 11) is 0. The van der Waals surface area contributed by atoms with Gasteiger partial charge in [0.15, 0.2) is 0 Å². The van der Waals surface area contributed by atoms with E-state index in [2.05, 4.69) is 9.62 Å². The van der Waals surface area contributed by atoms with Crippen LogP contribution in [0.4, 0.5) is 5.69 Å². The number of benzene rings is 1. The second-order valence-corrected chi connectivity index (χ2v) is 6.74. The van der Waals surface area contributed by atoms with E-state index in [1.165, 1.54) is 11.9 Å². The molecule has 0 amide bonds. The van der Waals surface area contributed by atoms with Crippen molar-refractivity contribution in [3.05, 3.63) is 46.9 Å². The number of hydrogen-bond acceptors (Lipinski definition) is 6. The maximum atomic E-state index is 11.6. The SMILES string of the molecule is O=C(O)c1cc(SN2CCOCC2)c(Cl)cc1NCc1ccco1. The molecule has 128 valence electrons. The van der Waals surface area contributed by atoms with Gasteiger partial charge in [-0.15, -0.1) is 0 Å². The summed E-state index contributed by atoms with van der Waals surface area (Å²) in [6, 6.07) is 6.86. The third-order valence-electron chi connectivity index (χ3n) is 3.53. The van der Waals surface area contributed by atoms with Gasteiger partial charge in [-0.25, -0.2) is 9.10 Å². The molecule has 8 heteroatoms. The van der Waals surface area contributed by atoms with Crippen LogP contribution >= 0.6 is 23.5 Å². The van der Waals surface area contributed by atoms with Gasteiger partial charge < -0.3 is 19.6 Å². The van der Waals surface area contributed by atoms with Crippen molar-refractivity contribution in [3.8, 4) is 0 Å². The van der Waals surface area contributed by atoms with Crippen molar-refractivity contribution in [1.82, 2.24) is 4.31 Å². The molecule has 1 aromatic carbocycles. The molecule has 0 radical (unpaired) electrons. The van der Waals surface area contributed by atoms with Crippen LogP contribution in [0, 0.1) is 0 Å². The summed E-state index contributed by atoms with van der Waals surface area (Å²) in [4.78, 5) is 12.3. The van der Waals surface area contributed by atoms with E-state index in [9.17, 15) is 9.90 Å². The van der Waals surface area contributed by atoms with Gasteiger partial charge in [-0.2, -0.15) is 0 Å². The van der Waals surface area contributed by atoms with Gasteiger partial charge in [0.05, 0.1) is 42.3 Å². The van der Waals surface area contributed by atoms with Crippen molar-refractivity contribution in [3.63, 3.8) is 0 Å². The Kier molecular flexibility index (Phi) is 5.68. The molecule has 1 aliphatic heterocycles. The molecule has 0 aliphatic carbocycles. The Balaban J connectivity index is 1.78. The van der Waals surface area contributed by atoms with Gasteiger partial charge in [-0.1, -0.05) is 11.6 Å². The van der Waals surface area contributed by atoms with Crippen LogP contribution in [0.3, 0.4) is 0 Å². The molecule has 1 saturated heterocycles. The molecule has 3 rings (SSSR count). The van der Waals surface area contributed by atoms with E-state index in [1.54, 1.807) is 24.5 Å². The van der Waals surface area contributed by atoms with E-state index in [4.69, 9.17) is 20.8 Å². The number of carboxylic acid groups (broad SMARTS) is 1. The van der Waals surface area contributed by atoms with Gasteiger partial charge in [-0.05, 0) is 36.2 Å². The summed E-state index contributed by atoms with van der Waals surface area (Å²) >= 11 is 7.81. The first-order chi connectivity index (χ1) is 11.6. The molecule has 0 bridgehead atoms. The van der Waals surface area contributed by atoms with E-state index in [0.29, 0.717) is 36.2 Å². The standard InChI is InChI=1S/C16H17ClN2O4S/c17-13-9-14(18-10-11-2-1-5-23-11)12(16(20)21)8-15(13)24-19-3-6-22-7-4-19/h1-2,5,8-9,18H,3-4,6-7,10H2,(H,20,21). The van der Waals surface area contributed by atoms with E-state index in [1.807, 2.05) is 6.07 Å². The Labute approximate surface area is 148 Å². The lowest BCUT2D eigenvalue weighted by atomic mass is 10.1. The average Bonchev–Trinajstić information content (AvgIpc) is 3.09. The summed E-state index contributed by atoms with van der Waals surface area (Å²) < 4.78 is 12.7. The first-order valence-corrected chi connectivity index (χ1v) is 8.62. The van der Waals surface area contributed by atoms with Crippen LogP contribution in [-0.2, 0) is 11.3 Å². The van der Waals surface area contributed by atoms with Crippen molar-refractivity contribution in [2.45, 2.75) is 11.4 Å². The maximum absolute atomic E-state index is 11.6. The number of carbonyl (C=O) groups is 1. The van der Waals surface area contributed by atoms with Crippen LogP contribution in [0.1, 0.15) is 16.1 Å². The zero-order chi connectivity index (χ0) is 16.9. The highest BCUT2D eigenvalue weighted by atomic mass is 35.5. The van der Waals surface area contributed by atoms with Gasteiger partial charge in [0.25, 0.3) is 0 Å². The Morgan fingerprint density at radius 3 is 2.83 bits per heavy atom. The molecule has 24 heavy (non-hydrogen) atoms. The van der Waals surface area contributed by atoms with Crippen molar-refractivity contribution < 1.29 is 19.1 Å². The minimum Gasteiger partial charge on any atom is -0.478 e. The van der Waals surface area contributed by atoms with Gasteiger partial charge in [0.1, 0.15) is 5.76 Å². The lowest BCUT2D eigenvalue weighted by Crippen LogP contribution is -2.30. The fourth-order valence-corrected chi connectivity index (χ4v) is 3.51. The molecule has 0 saturated carbocycles. The van der Waals surface area contributed by atoms with Crippen molar-refractivity contribution in [1.29, 1.82) is 0 Å². The lowest BCUT2D eigenvalue weighted by Gasteiger charge is -2.26. The van der Waals surface area contributed by atoms with Crippen molar-refractivity contribution in [2.24, 2.45) is 0 Å². The van der Waals surface area contributed by atoms with Gasteiger partial charge in [0.2, 0.25) is 0 Å². The second kappa shape index (κ2) is 7.94. The maximum Gasteiger partial charge on any atom is 0.337 e. The number of nitrogens with zero attached hydrogens (tertiary/aromatic N) is 1. The first-order valence-electron chi connectivity index (χ1n) is 7.47. The van der Waals surface area contributed by atoms with Crippen LogP contribution < -0.4 is 5.32 Å². The Bertz CT molecular complexity index is 702. The first kappa shape index (κ1) is 17.2. The topological polar surface area (TPSA) is 74.9 Å². The number of morpholine rings is 1. The normalized spacial score (nSPS) is 15.4. The predicted octanol–water partition coefficient (Wildman–Crippen LogP) is 3.58. The number of rotatable bonds is 6. The molecular weight excluding hydrogens is 352 g/mol. The predicted molar refractivity (Wildman–Crippen MR) is 92.7 cm³/mol. The number of carboxylic acids is 1. The third-order valence-corrected chi connectivity index (χ3v) is 5.12. The molecule has 2 N–H and O–H groups in total. The highest BCUT2D eigenvalue weighted by molar-refractivity contribution is 7.97. The van der Waals surface area contributed by atoms with E-state index in [-0.39, 0.29) is 5.56 Å². The number of anilines is 1. The monoisotopic (exact) mass is 368 g/mol. The number of aromatic carboxylic acids is 1. The van der Waals surface area contributed by atoms with Crippen LogP contribution in [0.5, 0.6) is 0 Å². The Morgan fingerprint density at radius 2 is 2.17 bits per heavy atom. The molecule has 6 nitrogen and oxygen atoms in total. The van der Waals surface area contributed by atoms with Crippen molar-refractivity contribution >= 4 is 35.2 Å². The number of ether oxygens (including phenoxy) is 1. The van der Waals surface area contributed by atoms with Gasteiger partial charge in [-0.3, -0.25) is 0 Å². The molecule has 0 atom stereocenters. The molecule has 1 fully saturated rings. The molecule has 1 aliphatic rings. The lowest BCUT2D eigenvalue weighted by molar-refractivity contribution is 0.0697. The number of nitrogens with one attached hydrogen (secondary N) is 1. The summed E-state index contributed by atoms with van der Waals surface area (Å²) in [6.45, 7) is 3.28. The molecule has 0 spiro atoms. The smallest absolute Gasteiger partial charge is 0.337 e. The average molecular weight is 369 g/mol. The van der Waals surface area contributed by atoms with E-state index in [0.717, 1.165) is 18.0 Å². The largest absolute Gasteiger partial charge is 0.478 e. The van der Waals surface area contributed by atoms with Gasteiger partial charge >= 0.3 is 5.97 Å². The van der Waals surface area contributed by atoms with Crippen LogP contribution in [0.15, 0.2) is 39.8 Å². The summed E-state index contributed by atoms with van der Waals surface area (Å²) in [6.07, 6.45) is 1.57. The fourth-order valence-electron chi connectivity index (χ4n) is 2.32. The minimum absolute atomic E-state index is 0.182. The van der Waals surface area contributed by atoms with E-state index >= 15 is 0 Å². The third kappa shape index (κ3) is 4.24. The Morgan fingerprint density at radius 1 is 1.38 bits per heavy atom. The summed E-state index contributed by atoms with van der Waals surface area (Å²) in [5.41, 5.74) is 0.650. The number of furan rings is 1. The van der Waals surface area contributed by atoms with Crippen LogP contribution in [-0.4, -0.2) is 41.7 Å². The van der Waals surface area contributed by atoms with E-state index < -0.39 is 5.97 Å². The van der Waals surface area contributed by atoms with Crippen LogP contribution in [0.2, 0.25) is 5.02 Å². The van der Waals surface area contributed by atoms with Crippen molar-refractivity contribution in [2.75, 3.05) is 31.6 Å². The Hall–Kier alpha value is -1.67. The minimum atomic E-state index is -1.00. The summed E-state index contributed by atoms with van der Waals surface area (Å²) in [5, 5.41) is 13.1.